The van der Waals surface area contributed by atoms with E-state index in [1.807, 2.05) is 0 Å². The summed E-state index contributed by atoms with van der Waals surface area (Å²) in [6.07, 6.45) is 7.23. The molecule has 0 fully saturated rings. The van der Waals surface area contributed by atoms with Crippen molar-refractivity contribution in [1.82, 2.24) is 0 Å². The summed E-state index contributed by atoms with van der Waals surface area (Å²) in [6, 6.07) is 10.8. The van der Waals surface area contributed by atoms with Crippen LogP contribution in [0.3, 0.4) is 0 Å². The van der Waals surface area contributed by atoms with Gasteiger partial charge in [0.05, 0.1) is 0 Å². The summed E-state index contributed by atoms with van der Waals surface area (Å²) in [6.45, 7) is 4.51. The minimum absolute atomic E-state index is 1.12. The van der Waals surface area contributed by atoms with Crippen LogP contribution in [0.25, 0.3) is 0 Å². The van der Waals surface area contributed by atoms with E-state index in [0.29, 0.717) is 0 Å². The fourth-order valence-corrected chi connectivity index (χ4v) is 2.43. The van der Waals surface area contributed by atoms with E-state index in [9.17, 15) is 0 Å². The zero-order chi connectivity index (χ0) is 11.4. The Morgan fingerprint density at radius 3 is 2.56 bits per heavy atom. The third-order valence-corrected chi connectivity index (χ3v) is 3.24. The molecule has 0 unspecified atom stereocenters. The van der Waals surface area contributed by atoms with Gasteiger partial charge in [-0.2, -0.15) is 0 Å². The standard InChI is InChI=1S/C16H20/c1-3-7-16-12-15(10-13(16)2)11-14-8-5-4-6-9-14/h4-6,8-10H,3,7,11-12H2,1-2H3. The van der Waals surface area contributed by atoms with Gasteiger partial charge < -0.3 is 0 Å². The first-order valence-corrected chi connectivity index (χ1v) is 6.21. The molecule has 0 saturated heterocycles. The van der Waals surface area contributed by atoms with Crippen LogP contribution in [0.1, 0.15) is 38.7 Å². The monoisotopic (exact) mass is 212 g/mol. The summed E-state index contributed by atoms with van der Waals surface area (Å²) in [5, 5.41) is 0. The van der Waals surface area contributed by atoms with Crippen LogP contribution in [0.15, 0.2) is 53.1 Å². The Balaban J connectivity index is 1.99. The van der Waals surface area contributed by atoms with Gasteiger partial charge in [0.25, 0.3) is 0 Å². The Morgan fingerprint density at radius 2 is 1.88 bits per heavy atom. The molecule has 2 rings (SSSR count). The molecule has 0 heterocycles. The molecule has 16 heavy (non-hydrogen) atoms. The normalized spacial score (nSPS) is 15.5. The minimum Gasteiger partial charge on any atom is -0.0651 e. The van der Waals surface area contributed by atoms with E-state index in [2.05, 4.69) is 50.3 Å². The number of benzene rings is 1. The summed E-state index contributed by atoms with van der Waals surface area (Å²) in [5.74, 6) is 0. The SMILES string of the molecule is CCCC1=C(C)C=C(Cc2ccccc2)C1. The quantitative estimate of drug-likeness (QED) is 0.680. The molecule has 1 aromatic carbocycles. The summed E-state index contributed by atoms with van der Waals surface area (Å²) in [7, 11) is 0. The average molecular weight is 212 g/mol. The molecule has 0 atom stereocenters. The van der Waals surface area contributed by atoms with Crippen molar-refractivity contribution in [2.24, 2.45) is 0 Å². The van der Waals surface area contributed by atoms with Crippen molar-refractivity contribution < 1.29 is 0 Å². The van der Waals surface area contributed by atoms with E-state index >= 15 is 0 Å². The lowest BCUT2D eigenvalue weighted by molar-refractivity contribution is 0.861. The van der Waals surface area contributed by atoms with Crippen LogP contribution in [-0.4, -0.2) is 0 Å². The highest BCUT2D eigenvalue weighted by Gasteiger charge is 2.12. The molecule has 0 amide bonds. The Kier molecular flexibility index (Phi) is 3.61. The third-order valence-electron chi connectivity index (χ3n) is 3.24. The average Bonchev–Trinajstić information content (AvgIpc) is 2.61. The molecule has 1 aliphatic rings. The predicted molar refractivity (Wildman–Crippen MR) is 70.5 cm³/mol. The largest absolute Gasteiger partial charge is 0.0651 e. The minimum atomic E-state index is 1.12. The third kappa shape index (κ3) is 2.63. The first kappa shape index (κ1) is 11.2. The van der Waals surface area contributed by atoms with Gasteiger partial charge in [-0.05, 0) is 31.7 Å². The smallest absolute Gasteiger partial charge is 0.00607 e. The molecule has 0 nitrogen and oxygen atoms in total. The first-order chi connectivity index (χ1) is 7.79. The molecular weight excluding hydrogens is 192 g/mol. The van der Waals surface area contributed by atoms with Gasteiger partial charge in [0.2, 0.25) is 0 Å². The van der Waals surface area contributed by atoms with Crippen molar-refractivity contribution in [3.8, 4) is 0 Å². The van der Waals surface area contributed by atoms with Crippen LogP contribution in [0.4, 0.5) is 0 Å². The fourth-order valence-electron chi connectivity index (χ4n) is 2.43. The van der Waals surface area contributed by atoms with E-state index in [4.69, 9.17) is 0 Å². The van der Waals surface area contributed by atoms with Crippen LogP contribution in [0.2, 0.25) is 0 Å². The van der Waals surface area contributed by atoms with E-state index < -0.39 is 0 Å². The maximum Gasteiger partial charge on any atom is -0.00607 e. The predicted octanol–water partition coefficient (Wildman–Crippen LogP) is 4.68. The second-order valence-corrected chi connectivity index (χ2v) is 4.68. The Bertz CT molecular complexity index is 407. The van der Waals surface area contributed by atoms with Crippen molar-refractivity contribution >= 4 is 0 Å². The number of rotatable bonds is 4. The first-order valence-electron chi connectivity index (χ1n) is 6.21. The number of hydrogen-bond acceptors (Lipinski definition) is 0. The molecule has 0 bridgehead atoms. The van der Waals surface area contributed by atoms with E-state index in [1.165, 1.54) is 30.4 Å². The van der Waals surface area contributed by atoms with Crippen LogP contribution in [0, 0.1) is 0 Å². The van der Waals surface area contributed by atoms with Gasteiger partial charge in [0, 0.05) is 0 Å². The van der Waals surface area contributed by atoms with E-state index in [0.717, 1.165) is 6.42 Å². The van der Waals surface area contributed by atoms with Gasteiger partial charge in [0.15, 0.2) is 0 Å². The lowest BCUT2D eigenvalue weighted by Crippen LogP contribution is -1.89. The lowest BCUT2D eigenvalue weighted by Gasteiger charge is -2.05. The van der Waals surface area contributed by atoms with Gasteiger partial charge >= 0.3 is 0 Å². The van der Waals surface area contributed by atoms with Crippen LogP contribution in [0.5, 0.6) is 0 Å². The van der Waals surface area contributed by atoms with Gasteiger partial charge in [-0.25, -0.2) is 0 Å². The molecule has 0 heteroatoms. The maximum absolute atomic E-state index is 2.39. The van der Waals surface area contributed by atoms with Crippen LogP contribution >= 0.6 is 0 Å². The molecule has 0 radical (unpaired) electrons. The van der Waals surface area contributed by atoms with Gasteiger partial charge in [-0.15, -0.1) is 0 Å². The van der Waals surface area contributed by atoms with Crippen molar-refractivity contribution in [2.45, 2.75) is 39.5 Å². The summed E-state index contributed by atoms with van der Waals surface area (Å²) in [5.41, 5.74) is 6.16. The van der Waals surface area contributed by atoms with Crippen molar-refractivity contribution in [1.29, 1.82) is 0 Å². The molecule has 1 aliphatic carbocycles. The fraction of sp³-hybridized carbons (Fsp3) is 0.375. The van der Waals surface area contributed by atoms with E-state index in [1.54, 1.807) is 11.1 Å². The van der Waals surface area contributed by atoms with Crippen LogP contribution in [-0.2, 0) is 6.42 Å². The Morgan fingerprint density at radius 1 is 1.12 bits per heavy atom. The zero-order valence-electron chi connectivity index (χ0n) is 10.3. The molecular formula is C16H20. The second-order valence-electron chi connectivity index (χ2n) is 4.68. The van der Waals surface area contributed by atoms with Crippen LogP contribution < -0.4 is 0 Å². The van der Waals surface area contributed by atoms with Gasteiger partial charge in [-0.3, -0.25) is 0 Å². The second kappa shape index (κ2) is 5.16. The number of hydrogen-bond donors (Lipinski definition) is 0. The number of allylic oxidation sites excluding steroid dienone is 4. The summed E-state index contributed by atoms with van der Waals surface area (Å²) < 4.78 is 0. The van der Waals surface area contributed by atoms with Gasteiger partial charge in [-0.1, -0.05) is 66.5 Å². The Hall–Kier alpha value is -1.30. The Labute approximate surface area is 98.7 Å². The highest BCUT2D eigenvalue weighted by molar-refractivity contribution is 5.40. The van der Waals surface area contributed by atoms with Crippen molar-refractivity contribution in [3.63, 3.8) is 0 Å². The maximum atomic E-state index is 2.39. The molecule has 0 spiro atoms. The molecule has 0 saturated carbocycles. The summed E-state index contributed by atoms with van der Waals surface area (Å²) >= 11 is 0. The zero-order valence-corrected chi connectivity index (χ0v) is 10.3. The lowest BCUT2D eigenvalue weighted by atomic mass is 10.0. The van der Waals surface area contributed by atoms with E-state index in [-0.39, 0.29) is 0 Å². The topological polar surface area (TPSA) is 0 Å². The molecule has 1 aromatic rings. The van der Waals surface area contributed by atoms with Gasteiger partial charge in [0.1, 0.15) is 0 Å². The molecule has 0 aliphatic heterocycles. The van der Waals surface area contributed by atoms with Crippen molar-refractivity contribution in [2.75, 3.05) is 0 Å². The molecule has 84 valence electrons. The highest BCUT2D eigenvalue weighted by atomic mass is 14.2. The van der Waals surface area contributed by atoms with Crippen molar-refractivity contribution in [3.05, 3.63) is 58.7 Å². The molecule has 0 N–H and O–H groups in total. The highest BCUT2D eigenvalue weighted by Crippen LogP contribution is 2.30. The molecule has 0 aromatic heterocycles. The summed E-state index contributed by atoms with van der Waals surface area (Å²) in [4.78, 5) is 0.